The molecular weight excluding hydrogens is 284 g/mol. The first-order valence-electron chi connectivity index (χ1n) is 5.61. The quantitative estimate of drug-likeness (QED) is 0.806. The Hall–Kier alpha value is -0.870. The average Bonchev–Trinajstić information content (AvgIpc) is 2.35. The van der Waals surface area contributed by atoms with Gasteiger partial charge >= 0.3 is 0 Å². The van der Waals surface area contributed by atoms with Crippen molar-refractivity contribution in [3.63, 3.8) is 0 Å². The van der Waals surface area contributed by atoms with Crippen LogP contribution in [0.4, 0.5) is 0 Å². The molecule has 3 nitrogen and oxygen atoms in total. The van der Waals surface area contributed by atoms with Crippen molar-refractivity contribution >= 4 is 21.7 Å². The number of rotatable bonds is 6. The molecule has 0 heterocycles. The lowest BCUT2D eigenvalue weighted by Crippen LogP contribution is -2.16. The van der Waals surface area contributed by atoms with Crippen molar-refractivity contribution in [2.24, 2.45) is 0 Å². The van der Waals surface area contributed by atoms with E-state index in [1.165, 1.54) is 0 Å². The fourth-order valence-corrected chi connectivity index (χ4v) is 2.00. The Kier molecular flexibility index (Phi) is 5.65. The number of carbonyl (C=O) groups excluding carboxylic acids is 1. The second kappa shape index (κ2) is 6.77. The van der Waals surface area contributed by atoms with E-state index in [1.807, 2.05) is 32.0 Å². The molecule has 0 N–H and O–H groups in total. The molecular formula is C13H17BrO3. The van der Waals surface area contributed by atoms with Crippen LogP contribution >= 0.6 is 15.9 Å². The van der Waals surface area contributed by atoms with Gasteiger partial charge in [-0.3, -0.25) is 4.79 Å². The summed E-state index contributed by atoms with van der Waals surface area (Å²) >= 11 is 3.39. The number of methoxy groups -OCH3 is 1. The van der Waals surface area contributed by atoms with E-state index in [9.17, 15) is 4.79 Å². The lowest BCUT2D eigenvalue weighted by atomic mass is 10.0. The topological polar surface area (TPSA) is 35.5 Å². The van der Waals surface area contributed by atoms with Gasteiger partial charge in [0.25, 0.3) is 0 Å². The second-order valence-electron chi connectivity index (χ2n) is 3.54. The highest BCUT2D eigenvalue weighted by Gasteiger charge is 2.23. The molecule has 0 saturated carbocycles. The first-order valence-corrected chi connectivity index (χ1v) is 6.41. The number of hydrogen-bond acceptors (Lipinski definition) is 3. The van der Waals surface area contributed by atoms with Gasteiger partial charge in [-0.05, 0) is 25.1 Å². The van der Waals surface area contributed by atoms with Crippen LogP contribution in [0.3, 0.4) is 0 Å². The van der Waals surface area contributed by atoms with Crippen LogP contribution in [0.25, 0.3) is 0 Å². The lowest BCUT2D eigenvalue weighted by molar-refractivity contribution is -0.130. The highest BCUT2D eigenvalue weighted by Crippen LogP contribution is 2.31. The van der Waals surface area contributed by atoms with E-state index >= 15 is 0 Å². The SMILES string of the molecule is CCOC(C(=O)CC)c1cc(Br)ccc1OC. The zero-order valence-corrected chi connectivity index (χ0v) is 11.9. The molecule has 94 valence electrons. The molecule has 1 unspecified atom stereocenters. The number of ether oxygens (including phenoxy) is 2. The van der Waals surface area contributed by atoms with Gasteiger partial charge in [-0.2, -0.15) is 0 Å². The zero-order chi connectivity index (χ0) is 12.8. The van der Waals surface area contributed by atoms with Crippen molar-refractivity contribution in [2.45, 2.75) is 26.4 Å². The minimum atomic E-state index is -0.544. The summed E-state index contributed by atoms with van der Waals surface area (Å²) in [6.07, 6.45) is -0.0993. The highest BCUT2D eigenvalue weighted by atomic mass is 79.9. The summed E-state index contributed by atoms with van der Waals surface area (Å²) in [7, 11) is 1.59. The smallest absolute Gasteiger partial charge is 0.165 e. The van der Waals surface area contributed by atoms with Crippen molar-refractivity contribution in [1.82, 2.24) is 0 Å². The average molecular weight is 301 g/mol. The Morgan fingerprint density at radius 3 is 2.65 bits per heavy atom. The molecule has 0 saturated heterocycles. The van der Waals surface area contributed by atoms with Gasteiger partial charge in [0.1, 0.15) is 11.9 Å². The molecule has 0 radical (unpaired) electrons. The largest absolute Gasteiger partial charge is 0.496 e. The zero-order valence-electron chi connectivity index (χ0n) is 10.3. The van der Waals surface area contributed by atoms with Gasteiger partial charge in [-0.1, -0.05) is 22.9 Å². The Balaban J connectivity index is 3.15. The summed E-state index contributed by atoms with van der Waals surface area (Å²) < 4.78 is 11.7. The van der Waals surface area contributed by atoms with Crippen molar-refractivity contribution in [3.8, 4) is 5.75 Å². The second-order valence-corrected chi connectivity index (χ2v) is 4.46. The number of Topliss-reactive ketones (excluding diaryl/α,β-unsaturated/α-hetero) is 1. The molecule has 1 rings (SSSR count). The van der Waals surface area contributed by atoms with Crippen molar-refractivity contribution in [2.75, 3.05) is 13.7 Å². The summed E-state index contributed by atoms with van der Waals surface area (Å²) in [5.41, 5.74) is 0.774. The first kappa shape index (κ1) is 14.2. The standard InChI is InChI=1S/C13H17BrO3/c1-4-11(15)13(17-5-2)10-8-9(14)6-7-12(10)16-3/h6-8,13H,4-5H2,1-3H3. The Labute approximate surface area is 110 Å². The van der Waals surface area contributed by atoms with E-state index < -0.39 is 6.10 Å². The highest BCUT2D eigenvalue weighted by molar-refractivity contribution is 9.10. The molecule has 0 aliphatic carbocycles. The molecule has 4 heteroatoms. The molecule has 0 amide bonds. The van der Waals surface area contributed by atoms with Gasteiger partial charge in [-0.15, -0.1) is 0 Å². The summed E-state index contributed by atoms with van der Waals surface area (Å²) in [4.78, 5) is 11.9. The molecule has 0 aliphatic rings. The third-order valence-electron chi connectivity index (χ3n) is 2.45. The van der Waals surface area contributed by atoms with E-state index in [0.717, 1.165) is 10.0 Å². The van der Waals surface area contributed by atoms with Gasteiger partial charge in [0, 0.05) is 23.1 Å². The number of ketones is 1. The van der Waals surface area contributed by atoms with Gasteiger partial charge in [-0.25, -0.2) is 0 Å². The normalized spacial score (nSPS) is 12.2. The van der Waals surface area contributed by atoms with Crippen LogP contribution in [0.15, 0.2) is 22.7 Å². The van der Waals surface area contributed by atoms with Crippen LogP contribution in [0.2, 0.25) is 0 Å². The van der Waals surface area contributed by atoms with Gasteiger partial charge in [0.2, 0.25) is 0 Å². The van der Waals surface area contributed by atoms with Crippen molar-refractivity contribution in [3.05, 3.63) is 28.2 Å². The predicted molar refractivity (Wildman–Crippen MR) is 70.4 cm³/mol. The van der Waals surface area contributed by atoms with Gasteiger partial charge in [0.15, 0.2) is 5.78 Å². The molecule has 0 aromatic heterocycles. The minimum absolute atomic E-state index is 0.0586. The fraction of sp³-hybridized carbons (Fsp3) is 0.462. The first-order chi connectivity index (χ1) is 8.13. The predicted octanol–water partition coefficient (Wildman–Crippen LogP) is 3.51. The summed E-state index contributed by atoms with van der Waals surface area (Å²) in [5.74, 6) is 0.733. The lowest BCUT2D eigenvalue weighted by Gasteiger charge is -2.18. The summed E-state index contributed by atoms with van der Waals surface area (Å²) in [6, 6.07) is 5.57. The van der Waals surface area contributed by atoms with E-state index in [4.69, 9.17) is 9.47 Å². The third-order valence-corrected chi connectivity index (χ3v) is 2.94. The minimum Gasteiger partial charge on any atom is -0.496 e. The van der Waals surface area contributed by atoms with Crippen LogP contribution in [0.5, 0.6) is 5.75 Å². The molecule has 0 bridgehead atoms. The van der Waals surface area contributed by atoms with E-state index in [-0.39, 0.29) is 5.78 Å². The fourth-order valence-electron chi connectivity index (χ4n) is 1.62. The maximum Gasteiger partial charge on any atom is 0.165 e. The van der Waals surface area contributed by atoms with Gasteiger partial charge < -0.3 is 9.47 Å². The van der Waals surface area contributed by atoms with Crippen LogP contribution in [-0.2, 0) is 9.53 Å². The Morgan fingerprint density at radius 1 is 1.41 bits per heavy atom. The van der Waals surface area contributed by atoms with Crippen LogP contribution < -0.4 is 4.74 Å². The molecule has 0 spiro atoms. The van der Waals surface area contributed by atoms with E-state index in [2.05, 4.69) is 15.9 Å². The van der Waals surface area contributed by atoms with Crippen LogP contribution in [0, 0.1) is 0 Å². The number of halogens is 1. The molecule has 17 heavy (non-hydrogen) atoms. The van der Waals surface area contributed by atoms with Crippen LogP contribution in [0.1, 0.15) is 31.9 Å². The Bertz CT molecular complexity index is 390. The maximum atomic E-state index is 11.9. The van der Waals surface area contributed by atoms with E-state index in [0.29, 0.717) is 18.8 Å². The van der Waals surface area contributed by atoms with E-state index in [1.54, 1.807) is 7.11 Å². The van der Waals surface area contributed by atoms with Gasteiger partial charge in [0.05, 0.1) is 7.11 Å². The summed E-state index contributed by atoms with van der Waals surface area (Å²) in [5, 5.41) is 0. The Morgan fingerprint density at radius 2 is 2.12 bits per heavy atom. The third kappa shape index (κ3) is 3.54. The monoisotopic (exact) mass is 300 g/mol. The maximum absolute atomic E-state index is 11.9. The van der Waals surface area contributed by atoms with Crippen molar-refractivity contribution < 1.29 is 14.3 Å². The van der Waals surface area contributed by atoms with Crippen LogP contribution in [-0.4, -0.2) is 19.5 Å². The van der Waals surface area contributed by atoms with Crippen molar-refractivity contribution in [1.29, 1.82) is 0 Å². The molecule has 1 aromatic rings. The number of carbonyl (C=O) groups is 1. The molecule has 1 atom stereocenters. The molecule has 0 aliphatic heterocycles. The molecule has 0 fully saturated rings. The number of benzene rings is 1. The molecule has 1 aromatic carbocycles. The number of hydrogen-bond donors (Lipinski definition) is 0. The summed E-state index contributed by atoms with van der Waals surface area (Å²) in [6.45, 7) is 4.20.